The molecule has 0 bridgehead atoms. The van der Waals surface area contributed by atoms with Crippen LogP contribution in [0.4, 0.5) is 4.39 Å². The Hall–Kier alpha value is -2.69. The van der Waals surface area contributed by atoms with Gasteiger partial charge in [-0.05, 0) is 53.9 Å². The average Bonchev–Trinajstić information content (AvgIpc) is 2.55. The van der Waals surface area contributed by atoms with E-state index in [1.807, 2.05) is 19.1 Å². The molecule has 1 N–H and O–H groups in total. The standard InChI is InChI=1S/C18H19FN2O2/c1-2-3-18(22)23-17-10-6-15(7-11-17)13-21-20-12-14-4-8-16(19)9-5-14/h4-11,13,20H,2-3,12H2,1H3/b21-13+. The highest BCUT2D eigenvalue weighted by molar-refractivity contribution is 5.80. The summed E-state index contributed by atoms with van der Waals surface area (Å²) in [6.07, 6.45) is 2.85. The fourth-order valence-electron chi connectivity index (χ4n) is 1.87. The fourth-order valence-corrected chi connectivity index (χ4v) is 1.87. The lowest BCUT2D eigenvalue weighted by molar-refractivity contribution is -0.134. The summed E-state index contributed by atoms with van der Waals surface area (Å²) in [6.45, 7) is 2.45. The van der Waals surface area contributed by atoms with Crippen molar-refractivity contribution in [2.45, 2.75) is 26.3 Å². The fraction of sp³-hybridized carbons (Fsp3) is 0.222. The molecule has 0 saturated heterocycles. The van der Waals surface area contributed by atoms with Crippen molar-refractivity contribution in [1.29, 1.82) is 0 Å². The topological polar surface area (TPSA) is 50.7 Å². The van der Waals surface area contributed by atoms with Crippen LogP contribution in [0.25, 0.3) is 0 Å². The largest absolute Gasteiger partial charge is 0.427 e. The Morgan fingerprint density at radius 2 is 1.87 bits per heavy atom. The molecule has 120 valence electrons. The van der Waals surface area contributed by atoms with Crippen molar-refractivity contribution in [3.8, 4) is 5.75 Å². The molecular weight excluding hydrogens is 295 g/mol. The number of esters is 1. The van der Waals surface area contributed by atoms with Gasteiger partial charge in [0.25, 0.3) is 0 Å². The van der Waals surface area contributed by atoms with Crippen molar-refractivity contribution in [2.24, 2.45) is 5.10 Å². The van der Waals surface area contributed by atoms with E-state index in [1.54, 1.807) is 30.5 Å². The van der Waals surface area contributed by atoms with Crippen LogP contribution in [0.5, 0.6) is 5.75 Å². The maximum atomic E-state index is 12.8. The first-order chi connectivity index (χ1) is 11.2. The maximum absolute atomic E-state index is 12.8. The molecule has 0 aliphatic rings. The van der Waals surface area contributed by atoms with E-state index in [4.69, 9.17) is 4.74 Å². The summed E-state index contributed by atoms with van der Waals surface area (Å²) < 4.78 is 17.9. The van der Waals surface area contributed by atoms with Gasteiger partial charge in [-0.25, -0.2) is 4.39 Å². The Labute approximate surface area is 135 Å². The van der Waals surface area contributed by atoms with Crippen molar-refractivity contribution < 1.29 is 13.9 Å². The second-order valence-electron chi connectivity index (χ2n) is 5.01. The van der Waals surface area contributed by atoms with Gasteiger partial charge in [-0.15, -0.1) is 0 Å². The SMILES string of the molecule is CCCC(=O)Oc1ccc(/C=N/NCc2ccc(F)cc2)cc1. The van der Waals surface area contributed by atoms with Crippen LogP contribution in [0.15, 0.2) is 53.6 Å². The second-order valence-corrected chi connectivity index (χ2v) is 5.01. The first-order valence-corrected chi connectivity index (χ1v) is 7.48. The zero-order chi connectivity index (χ0) is 16.5. The van der Waals surface area contributed by atoms with Crippen LogP contribution in [0, 0.1) is 5.82 Å². The quantitative estimate of drug-likeness (QED) is 0.367. The number of nitrogens with zero attached hydrogens (tertiary/aromatic N) is 1. The average molecular weight is 314 g/mol. The minimum Gasteiger partial charge on any atom is -0.427 e. The minimum atomic E-state index is -0.253. The summed E-state index contributed by atoms with van der Waals surface area (Å²) in [5.74, 6) is 0.0479. The number of nitrogens with one attached hydrogen (secondary N) is 1. The summed E-state index contributed by atoms with van der Waals surface area (Å²) in [6, 6.07) is 13.3. The molecule has 2 rings (SSSR count). The molecule has 23 heavy (non-hydrogen) atoms. The zero-order valence-corrected chi connectivity index (χ0v) is 13.0. The number of hydrazone groups is 1. The Bertz CT molecular complexity index is 652. The van der Waals surface area contributed by atoms with Gasteiger partial charge in [-0.3, -0.25) is 4.79 Å². The van der Waals surface area contributed by atoms with Gasteiger partial charge in [0.15, 0.2) is 0 Å². The molecule has 0 atom stereocenters. The van der Waals surface area contributed by atoms with Gasteiger partial charge in [-0.1, -0.05) is 19.1 Å². The van der Waals surface area contributed by atoms with E-state index in [0.29, 0.717) is 18.7 Å². The van der Waals surface area contributed by atoms with Crippen LogP contribution >= 0.6 is 0 Å². The number of ether oxygens (including phenoxy) is 1. The second kappa shape index (κ2) is 8.68. The summed E-state index contributed by atoms with van der Waals surface area (Å²) in [5, 5.41) is 4.10. The molecule has 0 aliphatic carbocycles. The third-order valence-corrected chi connectivity index (χ3v) is 3.07. The lowest BCUT2D eigenvalue weighted by atomic mass is 10.2. The van der Waals surface area contributed by atoms with Gasteiger partial charge in [0, 0.05) is 6.42 Å². The first-order valence-electron chi connectivity index (χ1n) is 7.48. The van der Waals surface area contributed by atoms with E-state index in [1.165, 1.54) is 12.1 Å². The molecule has 4 nitrogen and oxygen atoms in total. The molecule has 5 heteroatoms. The number of halogens is 1. The minimum absolute atomic E-state index is 0.227. The number of carbonyl (C=O) groups excluding carboxylic acids is 1. The molecular formula is C18H19FN2O2. The number of benzene rings is 2. The molecule has 0 heterocycles. The Morgan fingerprint density at radius 1 is 1.17 bits per heavy atom. The number of rotatable bonds is 7. The summed E-state index contributed by atoms with van der Waals surface area (Å²) in [5.41, 5.74) is 4.72. The Balaban J connectivity index is 1.80. The highest BCUT2D eigenvalue weighted by Crippen LogP contribution is 2.12. The Morgan fingerprint density at radius 3 is 2.52 bits per heavy atom. The molecule has 0 radical (unpaired) electrons. The van der Waals surface area contributed by atoms with E-state index in [-0.39, 0.29) is 11.8 Å². The van der Waals surface area contributed by atoms with Crippen LogP contribution in [-0.2, 0) is 11.3 Å². The lowest BCUT2D eigenvalue weighted by Crippen LogP contribution is -2.07. The summed E-state index contributed by atoms with van der Waals surface area (Å²) in [7, 11) is 0. The molecule has 0 aliphatic heterocycles. The molecule has 0 aromatic heterocycles. The van der Waals surface area contributed by atoms with E-state index >= 15 is 0 Å². The molecule has 0 unspecified atom stereocenters. The normalized spacial score (nSPS) is 10.7. The first kappa shape index (κ1) is 16.7. The highest BCUT2D eigenvalue weighted by Gasteiger charge is 2.02. The van der Waals surface area contributed by atoms with Crippen molar-refractivity contribution in [3.05, 3.63) is 65.5 Å². The Kier molecular flexibility index (Phi) is 6.29. The smallest absolute Gasteiger partial charge is 0.311 e. The molecule has 0 spiro atoms. The molecule has 2 aromatic rings. The van der Waals surface area contributed by atoms with E-state index in [2.05, 4.69) is 10.5 Å². The van der Waals surface area contributed by atoms with Crippen molar-refractivity contribution in [3.63, 3.8) is 0 Å². The van der Waals surface area contributed by atoms with Gasteiger partial charge in [0.2, 0.25) is 0 Å². The number of hydrogen-bond donors (Lipinski definition) is 1. The number of hydrogen-bond acceptors (Lipinski definition) is 4. The third-order valence-electron chi connectivity index (χ3n) is 3.07. The predicted molar refractivity (Wildman–Crippen MR) is 87.8 cm³/mol. The summed E-state index contributed by atoms with van der Waals surface area (Å²) >= 11 is 0. The third kappa shape index (κ3) is 5.90. The van der Waals surface area contributed by atoms with Crippen LogP contribution < -0.4 is 10.2 Å². The lowest BCUT2D eigenvalue weighted by Gasteiger charge is -2.03. The van der Waals surface area contributed by atoms with E-state index in [9.17, 15) is 9.18 Å². The van der Waals surface area contributed by atoms with Gasteiger partial charge in [0.1, 0.15) is 11.6 Å². The summed E-state index contributed by atoms with van der Waals surface area (Å²) in [4.78, 5) is 11.4. The molecule has 0 amide bonds. The zero-order valence-electron chi connectivity index (χ0n) is 13.0. The van der Waals surface area contributed by atoms with E-state index in [0.717, 1.165) is 17.5 Å². The monoisotopic (exact) mass is 314 g/mol. The van der Waals surface area contributed by atoms with Crippen LogP contribution in [0.3, 0.4) is 0 Å². The van der Waals surface area contributed by atoms with Crippen molar-refractivity contribution >= 4 is 12.2 Å². The highest BCUT2D eigenvalue weighted by atomic mass is 19.1. The molecule has 0 saturated carbocycles. The molecule has 2 aromatic carbocycles. The van der Waals surface area contributed by atoms with Crippen LogP contribution in [-0.4, -0.2) is 12.2 Å². The van der Waals surface area contributed by atoms with Gasteiger partial charge < -0.3 is 10.2 Å². The molecule has 0 fully saturated rings. The van der Waals surface area contributed by atoms with Gasteiger partial charge in [0.05, 0.1) is 12.8 Å². The van der Waals surface area contributed by atoms with Gasteiger partial charge >= 0.3 is 5.97 Å². The van der Waals surface area contributed by atoms with Crippen molar-refractivity contribution in [1.82, 2.24) is 5.43 Å². The van der Waals surface area contributed by atoms with Crippen molar-refractivity contribution in [2.75, 3.05) is 0 Å². The van der Waals surface area contributed by atoms with Crippen LogP contribution in [0.2, 0.25) is 0 Å². The maximum Gasteiger partial charge on any atom is 0.311 e. The van der Waals surface area contributed by atoms with Gasteiger partial charge in [-0.2, -0.15) is 5.10 Å². The number of carbonyl (C=O) groups is 1. The van der Waals surface area contributed by atoms with Crippen LogP contribution in [0.1, 0.15) is 30.9 Å². The predicted octanol–water partition coefficient (Wildman–Crippen LogP) is 3.65. The van der Waals surface area contributed by atoms with E-state index < -0.39 is 0 Å².